The average molecular weight is 439 g/mol. The number of rotatable bonds is 6. The van der Waals surface area contributed by atoms with E-state index in [0.717, 1.165) is 22.4 Å². The molecular formula is C28H22FNO3. The van der Waals surface area contributed by atoms with Gasteiger partial charge in [-0.2, -0.15) is 0 Å². The molecule has 1 amide bonds. The summed E-state index contributed by atoms with van der Waals surface area (Å²) in [6, 6.07) is 26.0. The molecule has 0 bridgehead atoms. The van der Waals surface area contributed by atoms with Gasteiger partial charge in [0.25, 0.3) is 0 Å². The third-order valence-corrected chi connectivity index (χ3v) is 6.29. The van der Waals surface area contributed by atoms with Crippen LogP contribution in [0.25, 0.3) is 11.1 Å². The molecule has 5 heteroatoms. The topological polar surface area (TPSA) is 57.6 Å². The molecule has 33 heavy (non-hydrogen) atoms. The van der Waals surface area contributed by atoms with E-state index >= 15 is 0 Å². The van der Waals surface area contributed by atoms with E-state index in [9.17, 15) is 19.1 Å². The zero-order valence-electron chi connectivity index (χ0n) is 17.8. The molecule has 0 spiro atoms. The SMILES string of the molecule is O=C(CC[C@H]1C(=O)N(c2cc3cccccc-3c2)[C@@H]1c1ccc(O)cc1)c1ccc(F)cc1. The van der Waals surface area contributed by atoms with Gasteiger partial charge in [-0.1, -0.05) is 42.5 Å². The molecule has 0 saturated carbocycles. The van der Waals surface area contributed by atoms with Gasteiger partial charge in [0.15, 0.2) is 5.78 Å². The third-order valence-electron chi connectivity index (χ3n) is 6.29. The Morgan fingerprint density at radius 3 is 2.15 bits per heavy atom. The van der Waals surface area contributed by atoms with Crippen LogP contribution in [0, 0.1) is 11.7 Å². The lowest BCUT2D eigenvalue weighted by atomic mass is 9.78. The smallest absolute Gasteiger partial charge is 0.233 e. The Balaban J connectivity index is 1.42. The number of phenolic OH excluding ortho intramolecular Hbond substituents is 1. The van der Waals surface area contributed by atoms with Gasteiger partial charge in [0, 0.05) is 17.7 Å². The molecule has 2 aromatic rings. The molecule has 1 aliphatic heterocycles. The summed E-state index contributed by atoms with van der Waals surface area (Å²) in [6.07, 6.45) is 0.593. The molecule has 1 N–H and O–H groups in total. The maximum absolute atomic E-state index is 13.3. The minimum absolute atomic E-state index is 0.0281. The second-order valence-corrected chi connectivity index (χ2v) is 8.35. The standard InChI is InChI=1S/C28H22FNO3/c29-22-10-6-18(7-11-22)26(32)15-14-25-27(19-8-12-24(31)13-9-19)30(28(25)33)23-16-20-4-2-1-3-5-21(20)17-23/h1-13,16-17,25,27,31H,14-15H2/t25-,27-/m1/s1. The molecule has 0 aromatic heterocycles. The molecule has 1 fully saturated rings. The third kappa shape index (κ3) is 3.98. The lowest BCUT2D eigenvalue weighted by Gasteiger charge is -2.47. The molecule has 0 unspecified atom stereocenters. The van der Waals surface area contributed by atoms with Crippen molar-refractivity contribution in [2.45, 2.75) is 18.9 Å². The Kier molecular flexibility index (Phi) is 5.38. The number of hydrogen-bond acceptors (Lipinski definition) is 3. The fraction of sp³-hybridized carbons (Fsp3) is 0.143. The van der Waals surface area contributed by atoms with Gasteiger partial charge in [0.05, 0.1) is 12.0 Å². The zero-order valence-corrected chi connectivity index (χ0v) is 17.8. The van der Waals surface area contributed by atoms with Crippen molar-refractivity contribution in [3.63, 3.8) is 0 Å². The maximum atomic E-state index is 13.3. The van der Waals surface area contributed by atoms with Crippen LogP contribution in [0.4, 0.5) is 10.1 Å². The molecule has 0 radical (unpaired) electrons. The molecule has 2 atom stereocenters. The molecule has 1 heterocycles. The van der Waals surface area contributed by atoms with E-state index in [1.54, 1.807) is 17.0 Å². The van der Waals surface area contributed by atoms with Crippen LogP contribution in [-0.2, 0) is 4.79 Å². The highest BCUT2D eigenvalue weighted by Crippen LogP contribution is 2.47. The summed E-state index contributed by atoms with van der Waals surface area (Å²) in [5, 5.41) is 9.72. The van der Waals surface area contributed by atoms with E-state index in [1.807, 2.05) is 54.6 Å². The second-order valence-electron chi connectivity index (χ2n) is 8.35. The first-order valence-corrected chi connectivity index (χ1v) is 10.9. The number of benzene rings is 2. The summed E-state index contributed by atoms with van der Waals surface area (Å²) >= 11 is 0. The Morgan fingerprint density at radius 1 is 0.879 bits per heavy atom. The number of β-lactam (4-membered cyclic amide) rings is 1. The lowest BCUT2D eigenvalue weighted by molar-refractivity contribution is -0.130. The molecule has 164 valence electrons. The largest absolute Gasteiger partial charge is 0.508 e. The predicted molar refractivity (Wildman–Crippen MR) is 125 cm³/mol. The first kappa shape index (κ1) is 20.9. The molecule has 1 saturated heterocycles. The number of phenols is 1. The molecule has 3 aliphatic rings. The first-order chi connectivity index (χ1) is 16.0. The number of aromatic hydroxyl groups is 1. The number of hydrogen-bond donors (Lipinski definition) is 1. The van der Waals surface area contributed by atoms with Crippen LogP contribution in [0.5, 0.6) is 5.75 Å². The number of carbonyl (C=O) groups excluding carboxylic acids is 2. The quantitative estimate of drug-likeness (QED) is 0.296. The van der Waals surface area contributed by atoms with E-state index in [2.05, 4.69) is 0 Å². The monoisotopic (exact) mass is 439 g/mol. The summed E-state index contributed by atoms with van der Waals surface area (Å²) in [4.78, 5) is 27.7. The number of halogens is 1. The predicted octanol–water partition coefficient (Wildman–Crippen LogP) is 6.00. The highest BCUT2D eigenvalue weighted by Gasteiger charge is 2.48. The van der Waals surface area contributed by atoms with Gasteiger partial charge < -0.3 is 10.0 Å². The number of anilines is 1. The zero-order chi connectivity index (χ0) is 22.9. The van der Waals surface area contributed by atoms with Gasteiger partial charge >= 0.3 is 0 Å². The van der Waals surface area contributed by atoms with Crippen LogP contribution in [-0.4, -0.2) is 16.8 Å². The van der Waals surface area contributed by atoms with Crippen molar-refractivity contribution in [2.24, 2.45) is 5.92 Å². The number of ketones is 1. The molecule has 2 aromatic carbocycles. The van der Waals surface area contributed by atoms with E-state index in [4.69, 9.17) is 0 Å². The highest BCUT2D eigenvalue weighted by atomic mass is 19.1. The van der Waals surface area contributed by atoms with E-state index in [-0.39, 0.29) is 41.6 Å². The number of Topliss-reactive ketones (excluding diaryl/α,β-unsaturated/α-hetero) is 1. The number of fused-ring (bicyclic) bond motifs is 1. The molecule has 5 rings (SSSR count). The fourth-order valence-electron chi connectivity index (χ4n) is 4.57. The Bertz CT molecular complexity index is 1250. The molecule has 4 nitrogen and oxygen atoms in total. The van der Waals surface area contributed by atoms with Crippen molar-refractivity contribution in [1.82, 2.24) is 0 Å². The first-order valence-electron chi connectivity index (χ1n) is 10.9. The minimum Gasteiger partial charge on any atom is -0.508 e. The average Bonchev–Trinajstić information content (AvgIpc) is 3.07. The van der Waals surface area contributed by atoms with Crippen molar-refractivity contribution in [3.8, 4) is 16.9 Å². The van der Waals surface area contributed by atoms with E-state index in [1.165, 1.54) is 24.3 Å². The van der Waals surface area contributed by atoms with Crippen LogP contribution < -0.4 is 4.90 Å². The Morgan fingerprint density at radius 2 is 1.52 bits per heavy atom. The van der Waals surface area contributed by atoms with Gasteiger partial charge in [0.2, 0.25) is 5.91 Å². The normalized spacial score (nSPS) is 17.7. The van der Waals surface area contributed by atoms with Crippen LogP contribution in [0.1, 0.15) is 34.8 Å². The van der Waals surface area contributed by atoms with Crippen LogP contribution >= 0.6 is 0 Å². The maximum Gasteiger partial charge on any atom is 0.233 e. The Hall–Kier alpha value is -3.99. The highest BCUT2D eigenvalue weighted by molar-refractivity contribution is 6.05. The van der Waals surface area contributed by atoms with Gasteiger partial charge in [-0.3, -0.25) is 9.59 Å². The second kappa shape index (κ2) is 8.51. The summed E-state index contributed by atoms with van der Waals surface area (Å²) in [5.41, 5.74) is 4.25. The van der Waals surface area contributed by atoms with E-state index < -0.39 is 0 Å². The summed E-state index contributed by atoms with van der Waals surface area (Å²) in [5.74, 6) is -0.727. The summed E-state index contributed by atoms with van der Waals surface area (Å²) < 4.78 is 13.2. The van der Waals surface area contributed by atoms with Crippen LogP contribution in [0.15, 0.2) is 91.0 Å². The number of amides is 1. The lowest BCUT2D eigenvalue weighted by Crippen LogP contribution is -2.55. The van der Waals surface area contributed by atoms with Gasteiger partial charge in [-0.25, -0.2) is 4.39 Å². The Labute approximate surface area is 191 Å². The van der Waals surface area contributed by atoms with Crippen molar-refractivity contribution < 1.29 is 19.1 Å². The molecule has 2 aliphatic carbocycles. The van der Waals surface area contributed by atoms with Crippen LogP contribution in [0.3, 0.4) is 0 Å². The van der Waals surface area contributed by atoms with Gasteiger partial charge in [0.1, 0.15) is 11.6 Å². The summed E-state index contributed by atoms with van der Waals surface area (Å²) in [6.45, 7) is 0. The summed E-state index contributed by atoms with van der Waals surface area (Å²) in [7, 11) is 0. The number of nitrogens with zero attached hydrogens (tertiary/aromatic N) is 1. The minimum atomic E-state index is -0.389. The van der Waals surface area contributed by atoms with Crippen molar-refractivity contribution in [1.29, 1.82) is 0 Å². The van der Waals surface area contributed by atoms with Gasteiger partial charge in [-0.15, -0.1) is 0 Å². The van der Waals surface area contributed by atoms with Gasteiger partial charge in [-0.05, 0) is 71.6 Å². The van der Waals surface area contributed by atoms with Crippen molar-refractivity contribution in [3.05, 3.63) is 108 Å². The van der Waals surface area contributed by atoms with Crippen LogP contribution in [0.2, 0.25) is 0 Å². The van der Waals surface area contributed by atoms with E-state index in [0.29, 0.717) is 12.0 Å². The van der Waals surface area contributed by atoms with Crippen molar-refractivity contribution >= 4 is 17.4 Å². The molecular weight excluding hydrogens is 417 g/mol. The number of carbonyl (C=O) groups is 2. The van der Waals surface area contributed by atoms with Crippen molar-refractivity contribution in [2.75, 3.05) is 4.90 Å². The fourth-order valence-corrected chi connectivity index (χ4v) is 4.57.